The fourth-order valence-corrected chi connectivity index (χ4v) is 3.43. The van der Waals surface area contributed by atoms with E-state index in [2.05, 4.69) is 5.32 Å². The zero-order valence-corrected chi connectivity index (χ0v) is 13.6. The van der Waals surface area contributed by atoms with Crippen molar-refractivity contribution >= 4 is 23.5 Å². The number of carbonyl (C=O) groups is 3. The molecule has 24 heavy (non-hydrogen) atoms. The van der Waals surface area contributed by atoms with Gasteiger partial charge in [0.2, 0.25) is 0 Å². The number of aliphatic carboxylic acids is 1. The zero-order valence-electron chi connectivity index (χ0n) is 13.6. The number of nitrogens with zero attached hydrogens (tertiary/aromatic N) is 1. The first-order valence-corrected chi connectivity index (χ1v) is 8.49. The van der Waals surface area contributed by atoms with Gasteiger partial charge in [0.05, 0.1) is 5.92 Å². The summed E-state index contributed by atoms with van der Waals surface area (Å²) in [5.41, 5.74) is 2.33. The van der Waals surface area contributed by atoms with Crippen LogP contribution in [0.4, 0.5) is 10.5 Å². The highest BCUT2D eigenvalue weighted by Crippen LogP contribution is 2.24. The fraction of sp³-hybridized carbons (Fsp3) is 0.500. The van der Waals surface area contributed by atoms with Crippen molar-refractivity contribution in [2.24, 2.45) is 5.92 Å². The maximum atomic E-state index is 12.4. The first kappa shape index (κ1) is 16.5. The molecule has 1 aliphatic carbocycles. The Morgan fingerprint density at radius 1 is 1.17 bits per heavy atom. The molecular weight excluding hydrogens is 308 g/mol. The minimum absolute atomic E-state index is 0.127. The highest BCUT2D eigenvalue weighted by molar-refractivity contribution is 6.00. The van der Waals surface area contributed by atoms with Gasteiger partial charge in [-0.05, 0) is 49.8 Å². The van der Waals surface area contributed by atoms with Crippen LogP contribution in [0.25, 0.3) is 0 Å². The number of amides is 2. The lowest BCUT2D eigenvalue weighted by molar-refractivity contribution is -0.143. The average molecular weight is 330 g/mol. The average Bonchev–Trinajstić information content (AvgIpc) is 2.77. The fourth-order valence-electron chi connectivity index (χ4n) is 3.43. The molecule has 1 saturated heterocycles. The van der Waals surface area contributed by atoms with E-state index in [9.17, 15) is 14.4 Å². The molecule has 2 amide bonds. The van der Waals surface area contributed by atoms with Crippen molar-refractivity contribution in [2.45, 2.75) is 38.5 Å². The van der Waals surface area contributed by atoms with Gasteiger partial charge in [0, 0.05) is 30.8 Å². The van der Waals surface area contributed by atoms with E-state index in [4.69, 9.17) is 5.11 Å². The summed E-state index contributed by atoms with van der Waals surface area (Å²) in [5, 5.41) is 11.9. The molecular formula is C18H22N2O4. The number of nitrogens with one attached hydrogen (secondary N) is 1. The Kier molecular flexibility index (Phi) is 4.83. The van der Waals surface area contributed by atoms with Gasteiger partial charge in [0.15, 0.2) is 5.78 Å². The van der Waals surface area contributed by atoms with Crippen molar-refractivity contribution in [1.82, 2.24) is 4.90 Å². The van der Waals surface area contributed by atoms with Crippen LogP contribution in [0.5, 0.6) is 0 Å². The Morgan fingerprint density at radius 3 is 2.75 bits per heavy atom. The van der Waals surface area contributed by atoms with E-state index >= 15 is 0 Å². The molecule has 1 fully saturated rings. The largest absolute Gasteiger partial charge is 0.481 e. The number of urea groups is 1. The van der Waals surface area contributed by atoms with Gasteiger partial charge in [-0.15, -0.1) is 0 Å². The molecule has 0 saturated carbocycles. The number of carbonyl (C=O) groups excluding carboxylic acids is 2. The number of aryl methyl sites for hydroxylation is 1. The Morgan fingerprint density at radius 2 is 1.96 bits per heavy atom. The Hall–Kier alpha value is -2.37. The molecule has 1 aromatic rings. The maximum Gasteiger partial charge on any atom is 0.321 e. The smallest absolute Gasteiger partial charge is 0.321 e. The van der Waals surface area contributed by atoms with Gasteiger partial charge < -0.3 is 15.3 Å². The number of anilines is 1. The van der Waals surface area contributed by atoms with Crippen LogP contribution >= 0.6 is 0 Å². The number of carboxylic acid groups (broad SMARTS) is 1. The highest BCUT2D eigenvalue weighted by Gasteiger charge is 2.28. The first-order chi connectivity index (χ1) is 11.5. The van der Waals surface area contributed by atoms with Crippen LogP contribution in [-0.2, 0) is 11.2 Å². The molecule has 0 radical (unpaired) electrons. The first-order valence-electron chi connectivity index (χ1n) is 8.49. The van der Waals surface area contributed by atoms with Crippen molar-refractivity contribution < 1.29 is 19.5 Å². The normalized spacial score (nSPS) is 20.9. The van der Waals surface area contributed by atoms with Crippen molar-refractivity contribution in [3.05, 3.63) is 29.3 Å². The number of carboxylic acids is 1. The number of benzene rings is 1. The van der Waals surface area contributed by atoms with Crippen LogP contribution in [-0.4, -0.2) is 40.9 Å². The minimum Gasteiger partial charge on any atom is -0.481 e. The van der Waals surface area contributed by atoms with E-state index in [0.717, 1.165) is 24.8 Å². The molecule has 1 atom stereocenters. The molecule has 6 heteroatoms. The Balaban J connectivity index is 1.70. The van der Waals surface area contributed by atoms with E-state index in [-0.39, 0.29) is 18.4 Å². The van der Waals surface area contributed by atoms with Crippen molar-refractivity contribution in [2.75, 3.05) is 18.4 Å². The summed E-state index contributed by atoms with van der Waals surface area (Å²) < 4.78 is 0. The molecule has 2 N–H and O–H groups in total. The topological polar surface area (TPSA) is 86.7 Å². The summed E-state index contributed by atoms with van der Waals surface area (Å²) in [6.45, 7) is 0.782. The number of hydrogen-bond donors (Lipinski definition) is 2. The lowest BCUT2D eigenvalue weighted by Crippen LogP contribution is -2.44. The van der Waals surface area contributed by atoms with E-state index in [1.165, 1.54) is 4.90 Å². The minimum atomic E-state index is -0.858. The van der Waals surface area contributed by atoms with Gasteiger partial charge in [0.25, 0.3) is 0 Å². The predicted octanol–water partition coefficient (Wildman–Crippen LogP) is 2.92. The summed E-state index contributed by atoms with van der Waals surface area (Å²) in [4.78, 5) is 37.2. The van der Waals surface area contributed by atoms with Crippen LogP contribution in [0.15, 0.2) is 18.2 Å². The summed E-state index contributed by atoms with van der Waals surface area (Å²) in [6.07, 6.45) is 4.65. The second-order valence-electron chi connectivity index (χ2n) is 6.56. The van der Waals surface area contributed by atoms with Gasteiger partial charge in [-0.3, -0.25) is 9.59 Å². The summed E-state index contributed by atoms with van der Waals surface area (Å²) in [5.74, 6) is -1.23. The monoisotopic (exact) mass is 330 g/mol. The molecule has 2 aliphatic rings. The molecule has 1 aromatic carbocycles. The quantitative estimate of drug-likeness (QED) is 0.816. The lowest BCUT2D eigenvalue weighted by atomic mass is 9.98. The van der Waals surface area contributed by atoms with Crippen LogP contribution in [0.2, 0.25) is 0 Å². The number of fused-ring (bicyclic) bond motifs is 1. The summed E-state index contributed by atoms with van der Waals surface area (Å²) >= 11 is 0. The second-order valence-corrected chi connectivity index (χ2v) is 6.56. The number of likely N-dealkylation sites (tertiary alicyclic amines) is 1. The van der Waals surface area contributed by atoms with Gasteiger partial charge >= 0.3 is 12.0 Å². The van der Waals surface area contributed by atoms with E-state index in [1.54, 1.807) is 6.07 Å². The standard InChI is InChI=1S/C18H22N2O4/c21-16-6-2-1-4-12-7-8-14(10-15(12)16)19-18(24)20-9-3-5-13(11-20)17(22)23/h7-8,10,13H,1-6,9,11H2,(H,19,24)(H,22,23). The van der Waals surface area contributed by atoms with E-state index in [1.807, 2.05) is 12.1 Å². The molecule has 6 nitrogen and oxygen atoms in total. The molecule has 3 rings (SSSR count). The predicted molar refractivity (Wildman–Crippen MR) is 89.3 cm³/mol. The van der Waals surface area contributed by atoms with Gasteiger partial charge in [-0.2, -0.15) is 0 Å². The Labute approximate surface area is 140 Å². The zero-order chi connectivity index (χ0) is 17.1. The van der Waals surface area contributed by atoms with E-state index < -0.39 is 11.9 Å². The summed E-state index contributed by atoms with van der Waals surface area (Å²) in [6, 6.07) is 5.17. The third kappa shape index (κ3) is 3.58. The third-order valence-electron chi connectivity index (χ3n) is 4.82. The van der Waals surface area contributed by atoms with E-state index in [0.29, 0.717) is 37.1 Å². The molecule has 0 bridgehead atoms. The number of rotatable bonds is 2. The number of Topliss-reactive ketones (excluding diaryl/α,β-unsaturated/α-hetero) is 1. The Bertz CT molecular complexity index is 671. The second kappa shape index (κ2) is 7.03. The third-order valence-corrected chi connectivity index (χ3v) is 4.82. The molecule has 1 unspecified atom stereocenters. The molecule has 0 spiro atoms. The van der Waals surface area contributed by atoms with Gasteiger partial charge in [-0.25, -0.2) is 4.79 Å². The summed E-state index contributed by atoms with van der Waals surface area (Å²) in [7, 11) is 0. The molecule has 0 aromatic heterocycles. The maximum absolute atomic E-state index is 12.4. The van der Waals surface area contributed by atoms with Crippen LogP contribution < -0.4 is 5.32 Å². The van der Waals surface area contributed by atoms with Crippen molar-refractivity contribution in [3.8, 4) is 0 Å². The van der Waals surface area contributed by atoms with Gasteiger partial charge in [-0.1, -0.05) is 6.07 Å². The van der Waals surface area contributed by atoms with Crippen molar-refractivity contribution in [1.29, 1.82) is 0 Å². The highest BCUT2D eigenvalue weighted by atomic mass is 16.4. The number of ketones is 1. The van der Waals surface area contributed by atoms with Crippen molar-refractivity contribution in [3.63, 3.8) is 0 Å². The van der Waals surface area contributed by atoms with Crippen LogP contribution in [0.3, 0.4) is 0 Å². The number of piperidine rings is 1. The van der Waals surface area contributed by atoms with Crippen LogP contribution in [0.1, 0.15) is 48.0 Å². The van der Waals surface area contributed by atoms with Gasteiger partial charge in [0.1, 0.15) is 0 Å². The lowest BCUT2D eigenvalue weighted by Gasteiger charge is -2.30. The molecule has 1 aliphatic heterocycles. The molecule has 128 valence electrons. The van der Waals surface area contributed by atoms with Crippen LogP contribution in [0, 0.1) is 5.92 Å². The number of hydrogen-bond acceptors (Lipinski definition) is 3. The molecule has 1 heterocycles. The SMILES string of the molecule is O=C1CCCCc2ccc(NC(=O)N3CCCC(C(=O)O)C3)cc21.